The van der Waals surface area contributed by atoms with Crippen molar-refractivity contribution < 1.29 is 0 Å². The van der Waals surface area contributed by atoms with Gasteiger partial charge in [0.15, 0.2) is 0 Å². The van der Waals surface area contributed by atoms with Crippen molar-refractivity contribution in [3.05, 3.63) is 0 Å². The van der Waals surface area contributed by atoms with Gasteiger partial charge in [0.2, 0.25) is 0 Å². The maximum absolute atomic E-state index is 4.45. The number of hydrogen-bond acceptors (Lipinski definition) is 4. The number of piperidine rings is 2. The van der Waals surface area contributed by atoms with Gasteiger partial charge in [-0.15, -0.1) is 0 Å². The quantitative estimate of drug-likeness (QED) is 0.254. The molecule has 428 valence electrons. The Morgan fingerprint density at radius 2 is 0.434 bits per heavy atom. The fourth-order valence-electron chi connectivity index (χ4n) is 27.3. The Bertz CT molecular complexity index is 1670. The molecule has 4 nitrogen and oxygen atoms in total. The molecule has 0 amide bonds. The highest BCUT2D eigenvalue weighted by molar-refractivity contribution is 5.10. The number of rotatable bonds is 8. The summed E-state index contributed by atoms with van der Waals surface area (Å²) < 4.78 is 0. The third kappa shape index (κ3) is 9.81. The summed E-state index contributed by atoms with van der Waals surface area (Å²) in [6, 6.07) is 3.33. The van der Waals surface area contributed by atoms with Gasteiger partial charge in [-0.2, -0.15) is 0 Å². The van der Waals surface area contributed by atoms with Gasteiger partial charge in [0.25, 0.3) is 0 Å². The van der Waals surface area contributed by atoms with Gasteiger partial charge in [-0.1, -0.05) is 89.9 Å². The van der Waals surface area contributed by atoms with E-state index in [9.17, 15) is 0 Å². The lowest BCUT2D eigenvalue weighted by Gasteiger charge is -2.62. The van der Waals surface area contributed by atoms with E-state index < -0.39 is 0 Å². The zero-order valence-electron chi connectivity index (χ0n) is 49.4. The van der Waals surface area contributed by atoms with Crippen LogP contribution in [0.25, 0.3) is 0 Å². The van der Waals surface area contributed by atoms with Crippen LogP contribution in [-0.2, 0) is 0 Å². The van der Waals surface area contributed by atoms with Crippen LogP contribution < -0.4 is 10.6 Å². The second-order valence-electron chi connectivity index (χ2n) is 32.4. The Hall–Kier alpha value is -0.160. The van der Waals surface area contributed by atoms with Gasteiger partial charge in [-0.3, -0.25) is 20.4 Å². The minimum absolute atomic E-state index is 0.712. The third-order valence-corrected chi connectivity index (χ3v) is 29.7. The Kier molecular flexibility index (Phi) is 16.3. The van der Waals surface area contributed by atoms with Crippen LogP contribution >= 0.6 is 0 Å². The predicted octanol–water partition coefficient (Wildman–Crippen LogP) is 17.6. The highest BCUT2D eigenvalue weighted by atomic mass is 15.4. The highest BCUT2D eigenvalue weighted by Crippen LogP contribution is 2.66. The van der Waals surface area contributed by atoms with Gasteiger partial charge >= 0.3 is 0 Å². The van der Waals surface area contributed by atoms with E-state index in [1.807, 2.05) is 0 Å². The molecule has 14 unspecified atom stereocenters. The van der Waals surface area contributed by atoms with E-state index in [-0.39, 0.29) is 0 Å². The molecular weight excluding hydrogens is 921 g/mol. The number of nitrogens with one attached hydrogen (secondary N) is 2. The van der Waals surface area contributed by atoms with Crippen molar-refractivity contribution in [3.8, 4) is 0 Å². The molecular formula is C72H120N4. The lowest BCUT2D eigenvalue weighted by molar-refractivity contribution is -0.129. The fraction of sp³-hybridized carbons (Fsp3) is 1.00. The van der Waals surface area contributed by atoms with Crippen LogP contribution in [0.2, 0.25) is 0 Å². The zero-order chi connectivity index (χ0) is 50.1. The second-order valence-corrected chi connectivity index (χ2v) is 32.4. The van der Waals surface area contributed by atoms with Gasteiger partial charge in [0.1, 0.15) is 0 Å². The lowest BCUT2D eigenvalue weighted by Crippen LogP contribution is -2.55. The molecule has 76 heavy (non-hydrogen) atoms. The first-order valence-corrected chi connectivity index (χ1v) is 36.8. The molecule has 0 aromatic rings. The third-order valence-electron chi connectivity index (χ3n) is 29.7. The molecule has 4 heteroatoms. The van der Waals surface area contributed by atoms with Crippen LogP contribution in [0, 0.1) is 118 Å². The van der Waals surface area contributed by atoms with Crippen molar-refractivity contribution in [2.45, 2.75) is 319 Å². The molecule has 15 fully saturated rings. The Balaban J connectivity index is 0.613. The van der Waals surface area contributed by atoms with E-state index >= 15 is 0 Å². The molecule has 11 saturated carbocycles. The summed E-state index contributed by atoms with van der Waals surface area (Å²) in [4.78, 5) is 6.14. The number of fused-ring (bicyclic) bond motifs is 6. The van der Waals surface area contributed by atoms with Crippen LogP contribution in [0.5, 0.6) is 0 Å². The van der Waals surface area contributed by atoms with Gasteiger partial charge in [0.05, 0.1) is 12.3 Å². The first-order valence-electron chi connectivity index (χ1n) is 36.8. The van der Waals surface area contributed by atoms with Crippen LogP contribution in [0.4, 0.5) is 0 Å². The molecule has 0 aromatic heterocycles. The molecule has 15 rings (SSSR count). The van der Waals surface area contributed by atoms with E-state index in [1.165, 1.54) is 116 Å². The Morgan fingerprint density at radius 1 is 0.197 bits per heavy atom. The summed E-state index contributed by atoms with van der Waals surface area (Å²) in [5.41, 5.74) is 0. The monoisotopic (exact) mass is 1040 g/mol. The minimum atomic E-state index is 0.712. The maximum Gasteiger partial charge on any atom is 0.0603 e. The van der Waals surface area contributed by atoms with Gasteiger partial charge < -0.3 is 0 Å². The summed E-state index contributed by atoms with van der Waals surface area (Å²) in [6.45, 7) is 2.79. The van der Waals surface area contributed by atoms with E-state index in [0.29, 0.717) is 12.3 Å². The van der Waals surface area contributed by atoms with Crippen LogP contribution in [0.1, 0.15) is 283 Å². The topological polar surface area (TPSA) is 30.5 Å². The van der Waals surface area contributed by atoms with E-state index in [2.05, 4.69) is 20.4 Å². The van der Waals surface area contributed by atoms with E-state index in [1.54, 1.807) is 180 Å². The Morgan fingerprint density at radius 3 is 0.711 bits per heavy atom. The largest absolute Gasteiger partial charge is 0.297 e. The smallest absolute Gasteiger partial charge is 0.0603 e. The fourth-order valence-corrected chi connectivity index (χ4v) is 27.3. The Labute approximate surface area is 468 Å². The van der Waals surface area contributed by atoms with E-state index in [0.717, 1.165) is 143 Å². The van der Waals surface area contributed by atoms with Crippen molar-refractivity contribution in [2.24, 2.45) is 118 Å². The average Bonchev–Trinajstić information content (AvgIpc) is 4.16. The highest BCUT2D eigenvalue weighted by Gasteiger charge is 2.59. The van der Waals surface area contributed by atoms with Crippen LogP contribution in [-0.4, -0.2) is 59.4 Å². The maximum atomic E-state index is 4.45. The molecule has 0 bridgehead atoms. The van der Waals surface area contributed by atoms with Gasteiger partial charge in [0, 0.05) is 37.3 Å². The number of nitrogens with zero attached hydrogens (tertiary/aromatic N) is 2. The molecule has 11 aliphatic carbocycles. The van der Waals surface area contributed by atoms with E-state index in [4.69, 9.17) is 0 Å². The normalized spacial score (nSPS) is 52.1. The first-order chi connectivity index (χ1) is 37.7. The zero-order valence-corrected chi connectivity index (χ0v) is 49.4. The van der Waals surface area contributed by atoms with Gasteiger partial charge in [-0.05, 0) is 311 Å². The van der Waals surface area contributed by atoms with Crippen molar-refractivity contribution >= 4 is 0 Å². The standard InChI is InChI=1S/C72H120N4/c1-3-19-53(20-4-1)71-69(73-63-31-15-17-45-75(63)71)51-41-37-49(38-42-51)67-59-27-11-7-23-55(59)65(56-24-8-12-28-60(56)67)47-33-35-48(36-34-47)66-57-25-9-13-29-61(57)68(62-30-14-10-26-58(62)66)50-39-43-52(44-40-50)70-72(54-21-5-2-6-22-54)76-46-18-16-32-64(76)74-70/h47-74H,1-46H2. The van der Waals surface area contributed by atoms with Crippen molar-refractivity contribution in [3.63, 3.8) is 0 Å². The summed E-state index contributed by atoms with van der Waals surface area (Å²) in [5, 5.41) is 8.90. The molecule has 0 aromatic carbocycles. The van der Waals surface area contributed by atoms with Gasteiger partial charge in [-0.25, -0.2) is 0 Å². The van der Waals surface area contributed by atoms with Crippen molar-refractivity contribution in [2.75, 3.05) is 13.1 Å². The van der Waals surface area contributed by atoms with Crippen LogP contribution in [0.15, 0.2) is 0 Å². The lowest BCUT2D eigenvalue weighted by atomic mass is 9.43. The molecule has 14 atom stereocenters. The molecule has 2 N–H and O–H groups in total. The summed E-state index contributed by atoms with van der Waals surface area (Å²) in [5.74, 6) is 21.3. The summed E-state index contributed by atoms with van der Waals surface area (Å²) >= 11 is 0. The summed E-state index contributed by atoms with van der Waals surface area (Å²) in [7, 11) is 0. The minimum Gasteiger partial charge on any atom is -0.297 e. The second kappa shape index (κ2) is 23.5. The van der Waals surface area contributed by atoms with Crippen LogP contribution in [0.3, 0.4) is 0 Å². The SMILES string of the molecule is C1CCC(C2C(C3CCC(C4C5CCCCC5C(C5CCC(C6C7CCCCC7C(C7CCC(C8NC9CCCCN9C8C8CCCCC8)CC7)C7CCCCC76)CC5)C5CCCCC54)CC3)NC3CCCCN32)CC1. The predicted molar refractivity (Wildman–Crippen MR) is 315 cm³/mol. The first kappa shape index (κ1) is 52.6. The summed E-state index contributed by atoms with van der Waals surface area (Å²) in [6.07, 6.45) is 70.2. The number of hydrogen-bond donors (Lipinski definition) is 2. The molecule has 4 aliphatic heterocycles. The average molecular weight is 1040 g/mol. The van der Waals surface area contributed by atoms with Crippen molar-refractivity contribution in [1.29, 1.82) is 0 Å². The van der Waals surface area contributed by atoms with Crippen molar-refractivity contribution in [1.82, 2.24) is 20.4 Å². The molecule has 0 spiro atoms. The molecule has 4 saturated heterocycles. The molecule has 15 aliphatic rings. The molecule has 0 radical (unpaired) electrons. The molecule has 4 heterocycles.